The van der Waals surface area contributed by atoms with Crippen LogP contribution in [0.5, 0.6) is 0 Å². The van der Waals surface area contributed by atoms with Crippen LogP contribution < -0.4 is 5.32 Å². The Bertz CT molecular complexity index is 604. The van der Waals surface area contributed by atoms with E-state index in [1.54, 1.807) is 23.1 Å². The van der Waals surface area contributed by atoms with Gasteiger partial charge in [-0.05, 0) is 19.1 Å². The van der Waals surface area contributed by atoms with Gasteiger partial charge < -0.3 is 15.0 Å². The van der Waals surface area contributed by atoms with Crippen molar-refractivity contribution >= 4 is 40.7 Å². The SMILES string of the molecule is COCC(=O)N1CCN(C(C)C(=O)Nc2cccc(Cl)c2Cl)CC1. The molecule has 2 rings (SSSR count). The number of benzene rings is 1. The van der Waals surface area contributed by atoms with Crippen molar-refractivity contribution in [1.82, 2.24) is 9.80 Å². The van der Waals surface area contributed by atoms with E-state index < -0.39 is 0 Å². The van der Waals surface area contributed by atoms with Gasteiger partial charge in [0.15, 0.2) is 0 Å². The van der Waals surface area contributed by atoms with Crippen LogP contribution in [-0.4, -0.2) is 67.6 Å². The lowest BCUT2D eigenvalue weighted by molar-refractivity contribution is -0.137. The smallest absolute Gasteiger partial charge is 0.248 e. The maximum atomic E-state index is 12.4. The lowest BCUT2D eigenvalue weighted by Gasteiger charge is -2.37. The molecule has 2 amide bonds. The Morgan fingerprint density at radius 2 is 1.92 bits per heavy atom. The number of nitrogens with zero attached hydrogens (tertiary/aromatic N) is 2. The van der Waals surface area contributed by atoms with E-state index >= 15 is 0 Å². The molecular formula is C16H21Cl2N3O3. The summed E-state index contributed by atoms with van der Waals surface area (Å²) >= 11 is 12.1. The van der Waals surface area contributed by atoms with Gasteiger partial charge in [0.1, 0.15) is 6.61 Å². The van der Waals surface area contributed by atoms with Crippen LogP contribution >= 0.6 is 23.2 Å². The van der Waals surface area contributed by atoms with E-state index in [0.29, 0.717) is 41.9 Å². The highest BCUT2D eigenvalue weighted by Gasteiger charge is 2.27. The predicted octanol–water partition coefficient (Wildman–Crippen LogP) is 2.11. The summed E-state index contributed by atoms with van der Waals surface area (Å²) in [5.41, 5.74) is 0.495. The maximum Gasteiger partial charge on any atom is 0.248 e. The summed E-state index contributed by atoms with van der Waals surface area (Å²) in [5, 5.41) is 3.53. The van der Waals surface area contributed by atoms with Crippen molar-refractivity contribution in [2.75, 3.05) is 45.2 Å². The second kappa shape index (κ2) is 8.67. The van der Waals surface area contributed by atoms with Gasteiger partial charge in [0, 0.05) is 33.3 Å². The molecule has 1 saturated heterocycles. The Balaban J connectivity index is 1.90. The number of ether oxygens (including phenoxy) is 1. The fourth-order valence-electron chi connectivity index (χ4n) is 2.58. The average Bonchev–Trinajstić information content (AvgIpc) is 2.58. The van der Waals surface area contributed by atoms with Gasteiger partial charge in [0.05, 0.1) is 21.8 Å². The maximum absolute atomic E-state index is 12.4. The lowest BCUT2D eigenvalue weighted by Crippen LogP contribution is -2.54. The van der Waals surface area contributed by atoms with E-state index in [2.05, 4.69) is 5.32 Å². The molecule has 1 heterocycles. The van der Waals surface area contributed by atoms with Gasteiger partial charge in [-0.25, -0.2) is 0 Å². The minimum atomic E-state index is -0.334. The Hall–Kier alpha value is -1.34. The van der Waals surface area contributed by atoms with Crippen LogP contribution in [0.4, 0.5) is 5.69 Å². The number of hydrogen-bond donors (Lipinski definition) is 1. The van der Waals surface area contributed by atoms with Gasteiger partial charge in [-0.1, -0.05) is 29.3 Å². The van der Waals surface area contributed by atoms with Crippen LogP contribution in [-0.2, 0) is 14.3 Å². The summed E-state index contributed by atoms with van der Waals surface area (Å²) in [6, 6.07) is 4.77. The first-order valence-electron chi connectivity index (χ1n) is 7.69. The minimum absolute atomic E-state index is 0.0278. The third-order valence-corrected chi connectivity index (χ3v) is 4.89. The van der Waals surface area contributed by atoms with E-state index in [1.807, 2.05) is 11.8 Å². The molecule has 1 aromatic rings. The van der Waals surface area contributed by atoms with E-state index in [4.69, 9.17) is 27.9 Å². The van der Waals surface area contributed by atoms with Crippen molar-refractivity contribution < 1.29 is 14.3 Å². The first kappa shape index (κ1) is 19.0. The van der Waals surface area contributed by atoms with E-state index in [-0.39, 0.29) is 24.5 Å². The highest BCUT2D eigenvalue weighted by atomic mass is 35.5. The van der Waals surface area contributed by atoms with Crippen LogP contribution in [0.15, 0.2) is 18.2 Å². The lowest BCUT2D eigenvalue weighted by atomic mass is 10.2. The molecule has 0 aromatic heterocycles. The molecule has 0 saturated carbocycles. The number of methoxy groups -OCH3 is 1. The summed E-state index contributed by atoms with van der Waals surface area (Å²) in [6.45, 7) is 4.35. The van der Waals surface area contributed by atoms with Crippen LogP contribution in [0.1, 0.15) is 6.92 Å². The average molecular weight is 374 g/mol. The normalized spacial score (nSPS) is 16.8. The number of nitrogens with one attached hydrogen (secondary N) is 1. The molecule has 1 unspecified atom stereocenters. The molecule has 1 aromatic carbocycles. The number of carbonyl (C=O) groups is 2. The molecule has 1 fully saturated rings. The molecule has 0 radical (unpaired) electrons. The number of halogens is 2. The third-order valence-electron chi connectivity index (χ3n) is 4.07. The molecular weight excluding hydrogens is 353 g/mol. The molecule has 1 atom stereocenters. The standard InChI is InChI=1S/C16H21Cl2N3O3/c1-11(16(23)19-13-5-3-4-12(17)15(13)18)20-6-8-21(9-7-20)14(22)10-24-2/h3-5,11H,6-10H2,1-2H3,(H,19,23). The zero-order valence-corrected chi connectivity index (χ0v) is 15.2. The Morgan fingerprint density at radius 3 is 2.54 bits per heavy atom. The Morgan fingerprint density at radius 1 is 1.25 bits per heavy atom. The summed E-state index contributed by atoms with van der Waals surface area (Å²) in [7, 11) is 1.50. The predicted molar refractivity (Wildman–Crippen MR) is 94.6 cm³/mol. The summed E-state index contributed by atoms with van der Waals surface area (Å²) < 4.78 is 4.86. The van der Waals surface area contributed by atoms with Crippen molar-refractivity contribution in [3.05, 3.63) is 28.2 Å². The van der Waals surface area contributed by atoms with Gasteiger partial charge in [0.25, 0.3) is 0 Å². The van der Waals surface area contributed by atoms with E-state index in [9.17, 15) is 9.59 Å². The van der Waals surface area contributed by atoms with E-state index in [0.717, 1.165) is 0 Å². The first-order valence-corrected chi connectivity index (χ1v) is 8.45. The van der Waals surface area contributed by atoms with Gasteiger partial charge in [0.2, 0.25) is 11.8 Å². The van der Waals surface area contributed by atoms with Crippen molar-refractivity contribution in [3.63, 3.8) is 0 Å². The fraction of sp³-hybridized carbons (Fsp3) is 0.500. The highest BCUT2D eigenvalue weighted by Crippen LogP contribution is 2.29. The molecule has 0 aliphatic carbocycles. The summed E-state index contributed by atoms with van der Waals surface area (Å²) in [5.74, 6) is -0.184. The van der Waals surface area contributed by atoms with Crippen LogP contribution in [0.3, 0.4) is 0 Å². The highest BCUT2D eigenvalue weighted by molar-refractivity contribution is 6.44. The number of rotatable bonds is 5. The monoisotopic (exact) mass is 373 g/mol. The summed E-state index contributed by atoms with van der Waals surface area (Å²) in [6.07, 6.45) is 0. The molecule has 24 heavy (non-hydrogen) atoms. The molecule has 1 aliphatic rings. The number of anilines is 1. The molecule has 1 aliphatic heterocycles. The number of carbonyl (C=O) groups excluding carboxylic acids is 2. The zero-order chi connectivity index (χ0) is 17.7. The van der Waals surface area contributed by atoms with Crippen molar-refractivity contribution in [1.29, 1.82) is 0 Å². The van der Waals surface area contributed by atoms with Crippen LogP contribution in [0, 0.1) is 0 Å². The van der Waals surface area contributed by atoms with Crippen LogP contribution in [0.25, 0.3) is 0 Å². The zero-order valence-electron chi connectivity index (χ0n) is 13.7. The third kappa shape index (κ3) is 4.60. The molecule has 6 nitrogen and oxygen atoms in total. The first-order chi connectivity index (χ1) is 11.4. The Labute approximate surface area is 151 Å². The number of hydrogen-bond acceptors (Lipinski definition) is 4. The van der Waals surface area contributed by atoms with Crippen molar-refractivity contribution in [2.45, 2.75) is 13.0 Å². The topological polar surface area (TPSA) is 61.9 Å². The fourth-order valence-corrected chi connectivity index (χ4v) is 2.92. The molecule has 0 bridgehead atoms. The molecule has 0 spiro atoms. The van der Waals surface area contributed by atoms with Gasteiger partial charge in [-0.15, -0.1) is 0 Å². The number of piperazine rings is 1. The number of amides is 2. The largest absolute Gasteiger partial charge is 0.375 e. The quantitative estimate of drug-likeness (QED) is 0.858. The van der Waals surface area contributed by atoms with Gasteiger partial charge in [-0.2, -0.15) is 0 Å². The van der Waals surface area contributed by atoms with Crippen molar-refractivity contribution in [3.8, 4) is 0 Å². The van der Waals surface area contributed by atoms with Crippen molar-refractivity contribution in [2.24, 2.45) is 0 Å². The molecule has 1 N–H and O–H groups in total. The Kier molecular flexibility index (Phi) is 6.86. The van der Waals surface area contributed by atoms with Gasteiger partial charge >= 0.3 is 0 Å². The molecule has 132 valence electrons. The second-order valence-corrected chi connectivity index (χ2v) is 6.40. The van der Waals surface area contributed by atoms with Gasteiger partial charge in [-0.3, -0.25) is 14.5 Å². The second-order valence-electron chi connectivity index (χ2n) is 5.62. The minimum Gasteiger partial charge on any atom is -0.375 e. The van der Waals surface area contributed by atoms with E-state index in [1.165, 1.54) is 7.11 Å². The molecule has 8 heteroatoms. The van der Waals surface area contributed by atoms with Crippen LogP contribution in [0.2, 0.25) is 10.0 Å². The summed E-state index contributed by atoms with van der Waals surface area (Å²) in [4.78, 5) is 28.0.